The van der Waals surface area contributed by atoms with Crippen molar-refractivity contribution in [2.75, 3.05) is 31.1 Å². The van der Waals surface area contributed by atoms with Gasteiger partial charge in [0.1, 0.15) is 11.6 Å². The van der Waals surface area contributed by atoms with Crippen LogP contribution in [0, 0.1) is 0 Å². The number of carboxylic acids is 1. The van der Waals surface area contributed by atoms with E-state index in [1.807, 2.05) is 48.1 Å². The topological polar surface area (TPSA) is 101 Å². The van der Waals surface area contributed by atoms with Crippen LogP contribution in [0.2, 0.25) is 0 Å². The van der Waals surface area contributed by atoms with E-state index < -0.39 is 5.97 Å². The third-order valence-corrected chi connectivity index (χ3v) is 6.43. The number of pyridine rings is 1. The van der Waals surface area contributed by atoms with Crippen LogP contribution >= 0.6 is 11.8 Å². The lowest BCUT2D eigenvalue weighted by Crippen LogP contribution is -2.49. The van der Waals surface area contributed by atoms with Gasteiger partial charge in [-0.1, -0.05) is 30.0 Å². The lowest BCUT2D eigenvalue weighted by molar-refractivity contribution is -0.136. The van der Waals surface area contributed by atoms with Gasteiger partial charge in [-0.15, -0.1) is 0 Å². The second-order valence-corrected chi connectivity index (χ2v) is 8.63. The largest absolute Gasteiger partial charge is 0.481 e. The van der Waals surface area contributed by atoms with E-state index in [0.717, 1.165) is 22.3 Å². The molecule has 1 aliphatic rings. The molecule has 1 fully saturated rings. The van der Waals surface area contributed by atoms with E-state index in [4.69, 9.17) is 9.84 Å². The maximum Gasteiger partial charge on any atom is 0.415 e. The number of piperazine rings is 1. The fourth-order valence-electron chi connectivity index (χ4n) is 3.46. The van der Waals surface area contributed by atoms with Crippen LogP contribution in [0.5, 0.6) is 5.75 Å². The maximum atomic E-state index is 12.6. The quantitative estimate of drug-likeness (QED) is 0.529. The molecule has 2 aromatic heterocycles. The fourth-order valence-corrected chi connectivity index (χ4v) is 4.35. The van der Waals surface area contributed by atoms with Crippen molar-refractivity contribution in [1.29, 1.82) is 0 Å². The van der Waals surface area contributed by atoms with E-state index in [-0.39, 0.29) is 12.5 Å². The SMILES string of the molecule is Cn1ccnc1SCc1ccc(OC(=O)N2CCN(c3ccc(CC(=O)O)cn3)CC2)cc1. The van der Waals surface area contributed by atoms with Crippen LogP contribution in [0.15, 0.2) is 60.1 Å². The Morgan fingerprint density at radius 3 is 2.36 bits per heavy atom. The smallest absolute Gasteiger partial charge is 0.415 e. The average Bonchev–Trinajstić information content (AvgIpc) is 3.23. The highest BCUT2D eigenvalue weighted by molar-refractivity contribution is 7.98. The Morgan fingerprint density at radius 2 is 1.76 bits per heavy atom. The molecule has 10 heteroatoms. The van der Waals surface area contributed by atoms with Crippen molar-refractivity contribution >= 4 is 29.6 Å². The Hall–Kier alpha value is -3.53. The van der Waals surface area contributed by atoms with Gasteiger partial charge in [0.2, 0.25) is 0 Å². The van der Waals surface area contributed by atoms with Crippen molar-refractivity contribution in [3.63, 3.8) is 0 Å². The van der Waals surface area contributed by atoms with E-state index in [2.05, 4.69) is 14.9 Å². The van der Waals surface area contributed by atoms with E-state index >= 15 is 0 Å². The van der Waals surface area contributed by atoms with Gasteiger partial charge in [0.05, 0.1) is 6.42 Å². The molecular formula is C23H25N5O4S. The first-order valence-electron chi connectivity index (χ1n) is 10.6. The Balaban J connectivity index is 1.24. The molecule has 3 heterocycles. The lowest BCUT2D eigenvalue weighted by Gasteiger charge is -2.34. The standard InChI is InChI=1S/C23H25N5O4S/c1-26-9-8-24-22(26)33-16-17-2-5-19(6-3-17)32-23(31)28-12-10-27(11-13-28)20-7-4-18(15-25-20)14-21(29)30/h2-9,15H,10-14,16H2,1H3,(H,29,30). The molecule has 0 saturated carbocycles. The molecule has 0 aliphatic carbocycles. The van der Waals surface area contributed by atoms with Gasteiger partial charge in [0.15, 0.2) is 5.16 Å². The summed E-state index contributed by atoms with van der Waals surface area (Å²) in [7, 11) is 1.96. The Labute approximate surface area is 196 Å². The van der Waals surface area contributed by atoms with Crippen molar-refractivity contribution in [3.05, 3.63) is 66.1 Å². The summed E-state index contributed by atoms with van der Waals surface area (Å²) >= 11 is 1.65. The molecular weight excluding hydrogens is 442 g/mol. The van der Waals surface area contributed by atoms with Crippen LogP contribution in [0.25, 0.3) is 0 Å². The minimum atomic E-state index is -0.880. The highest BCUT2D eigenvalue weighted by Gasteiger charge is 2.23. The monoisotopic (exact) mass is 467 g/mol. The molecule has 172 valence electrons. The number of carbonyl (C=O) groups is 2. The fraction of sp³-hybridized carbons (Fsp3) is 0.304. The molecule has 1 N–H and O–H groups in total. The summed E-state index contributed by atoms with van der Waals surface area (Å²) in [5, 5.41) is 9.82. The zero-order chi connectivity index (χ0) is 23.2. The first-order valence-corrected chi connectivity index (χ1v) is 11.5. The number of hydrogen-bond acceptors (Lipinski definition) is 7. The Bertz CT molecular complexity index is 1090. The number of aryl methyl sites for hydroxylation is 1. The van der Waals surface area contributed by atoms with Crippen molar-refractivity contribution in [2.24, 2.45) is 7.05 Å². The normalized spacial score (nSPS) is 13.7. The number of benzene rings is 1. The average molecular weight is 468 g/mol. The van der Waals surface area contributed by atoms with Gasteiger partial charge >= 0.3 is 12.1 Å². The molecule has 0 bridgehead atoms. The van der Waals surface area contributed by atoms with Gasteiger partial charge in [0, 0.05) is 57.6 Å². The van der Waals surface area contributed by atoms with Gasteiger partial charge in [-0.3, -0.25) is 4.79 Å². The number of carbonyl (C=O) groups excluding carboxylic acids is 1. The van der Waals surface area contributed by atoms with E-state index in [1.165, 1.54) is 0 Å². The first kappa shape index (κ1) is 22.7. The van der Waals surface area contributed by atoms with E-state index in [9.17, 15) is 9.59 Å². The first-order chi connectivity index (χ1) is 16.0. The van der Waals surface area contributed by atoms with E-state index in [1.54, 1.807) is 35.1 Å². The van der Waals surface area contributed by atoms with Crippen LogP contribution in [0.1, 0.15) is 11.1 Å². The predicted molar refractivity (Wildman–Crippen MR) is 125 cm³/mol. The number of aromatic nitrogens is 3. The number of carboxylic acid groups (broad SMARTS) is 1. The summed E-state index contributed by atoms with van der Waals surface area (Å²) in [6.45, 7) is 2.30. The number of hydrogen-bond donors (Lipinski definition) is 1. The van der Waals surface area contributed by atoms with Gasteiger partial charge < -0.3 is 24.2 Å². The molecule has 1 amide bonds. The molecule has 4 rings (SSSR count). The molecule has 0 radical (unpaired) electrons. The number of amides is 1. The summed E-state index contributed by atoms with van der Waals surface area (Å²) < 4.78 is 7.52. The summed E-state index contributed by atoms with van der Waals surface area (Å²) in [5.41, 5.74) is 1.79. The summed E-state index contributed by atoms with van der Waals surface area (Å²) in [6, 6.07) is 11.1. The summed E-state index contributed by atoms with van der Waals surface area (Å²) in [5.74, 6) is 1.20. The highest BCUT2D eigenvalue weighted by atomic mass is 32.2. The molecule has 3 aromatic rings. The number of aliphatic carboxylic acids is 1. The molecule has 1 aliphatic heterocycles. The van der Waals surface area contributed by atoms with Gasteiger partial charge in [-0.25, -0.2) is 14.8 Å². The van der Waals surface area contributed by atoms with Crippen LogP contribution in [0.3, 0.4) is 0 Å². The number of imidazole rings is 1. The van der Waals surface area contributed by atoms with Crippen LogP contribution < -0.4 is 9.64 Å². The minimum absolute atomic E-state index is 0.0448. The van der Waals surface area contributed by atoms with Crippen molar-refractivity contribution < 1.29 is 19.4 Å². The molecule has 0 atom stereocenters. The Kier molecular flexibility index (Phi) is 7.13. The molecule has 1 aromatic carbocycles. The predicted octanol–water partition coefficient (Wildman–Crippen LogP) is 3.06. The van der Waals surface area contributed by atoms with Gasteiger partial charge in [-0.05, 0) is 29.3 Å². The van der Waals surface area contributed by atoms with Crippen LogP contribution in [-0.2, 0) is 24.0 Å². The van der Waals surface area contributed by atoms with Crippen molar-refractivity contribution in [1.82, 2.24) is 19.4 Å². The zero-order valence-electron chi connectivity index (χ0n) is 18.3. The second kappa shape index (κ2) is 10.4. The maximum absolute atomic E-state index is 12.6. The van der Waals surface area contributed by atoms with Crippen molar-refractivity contribution in [3.8, 4) is 5.75 Å². The third kappa shape index (κ3) is 6.04. The third-order valence-electron chi connectivity index (χ3n) is 5.30. The molecule has 0 spiro atoms. The molecule has 1 saturated heterocycles. The number of rotatable bonds is 7. The number of anilines is 1. The number of thioether (sulfide) groups is 1. The number of ether oxygens (including phenoxy) is 1. The minimum Gasteiger partial charge on any atom is -0.481 e. The molecule has 9 nitrogen and oxygen atoms in total. The van der Waals surface area contributed by atoms with Crippen molar-refractivity contribution in [2.45, 2.75) is 17.3 Å². The van der Waals surface area contributed by atoms with Gasteiger partial charge in [0.25, 0.3) is 0 Å². The molecule has 0 unspecified atom stereocenters. The zero-order valence-corrected chi connectivity index (χ0v) is 19.1. The Morgan fingerprint density at radius 1 is 1.03 bits per heavy atom. The van der Waals surface area contributed by atoms with Crippen LogP contribution in [-0.4, -0.2) is 62.8 Å². The van der Waals surface area contributed by atoms with E-state index in [0.29, 0.717) is 37.5 Å². The molecule has 33 heavy (non-hydrogen) atoms. The summed E-state index contributed by atoms with van der Waals surface area (Å²) in [6.07, 6.45) is 4.87. The second-order valence-electron chi connectivity index (χ2n) is 7.69. The highest BCUT2D eigenvalue weighted by Crippen LogP contribution is 2.22. The summed E-state index contributed by atoms with van der Waals surface area (Å²) in [4.78, 5) is 35.8. The lowest BCUT2D eigenvalue weighted by atomic mass is 10.2. The van der Waals surface area contributed by atoms with Crippen LogP contribution in [0.4, 0.5) is 10.6 Å². The number of nitrogens with zero attached hydrogens (tertiary/aromatic N) is 5. The van der Waals surface area contributed by atoms with Gasteiger partial charge in [-0.2, -0.15) is 0 Å².